The molecule has 0 aliphatic heterocycles. The van der Waals surface area contributed by atoms with Gasteiger partial charge in [-0.2, -0.15) is 5.10 Å². The van der Waals surface area contributed by atoms with Crippen LogP contribution >= 0.6 is 0 Å². The van der Waals surface area contributed by atoms with Gasteiger partial charge in [-0.3, -0.25) is 0 Å². The summed E-state index contributed by atoms with van der Waals surface area (Å²) in [5.41, 5.74) is 4.26. The van der Waals surface area contributed by atoms with E-state index in [9.17, 15) is 0 Å². The SMILES string of the molecule is CCc1c(Cn2ccnc2)nn2ccc(C)nc12. The molecule has 0 saturated heterocycles. The molecular weight excluding hydrogens is 226 g/mol. The van der Waals surface area contributed by atoms with Crippen molar-refractivity contribution in [1.82, 2.24) is 24.1 Å². The van der Waals surface area contributed by atoms with Crippen LogP contribution in [0.5, 0.6) is 0 Å². The molecule has 0 fully saturated rings. The van der Waals surface area contributed by atoms with Crippen LogP contribution in [-0.2, 0) is 13.0 Å². The highest BCUT2D eigenvalue weighted by atomic mass is 15.3. The van der Waals surface area contributed by atoms with Gasteiger partial charge in [0.05, 0.1) is 18.6 Å². The molecule has 92 valence electrons. The Balaban J connectivity index is 2.11. The predicted molar refractivity (Wildman–Crippen MR) is 68.4 cm³/mol. The number of imidazole rings is 1. The van der Waals surface area contributed by atoms with E-state index in [4.69, 9.17) is 0 Å². The first-order valence-corrected chi connectivity index (χ1v) is 6.07. The maximum absolute atomic E-state index is 4.61. The lowest BCUT2D eigenvalue weighted by Crippen LogP contribution is -2.00. The molecule has 0 atom stereocenters. The molecule has 0 radical (unpaired) electrons. The first-order valence-electron chi connectivity index (χ1n) is 6.07. The number of aryl methyl sites for hydroxylation is 2. The third kappa shape index (κ3) is 1.77. The fraction of sp³-hybridized carbons (Fsp3) is 0.308. The summed E-state index contributed by atoms with van der Waals surface area (Å²) in [5.74, 6) is 0. The summed E-state index contributed by atoms with van der Waals surface area (Å²) >= 11 is 0. The number of hydrogen-bond donors (Lipinski definition) is 0. The van der Waals surface area contributed by atoms with Crippen molar-refractivity contribution in [2.75, 3.05) is 0 Å². The zero-order valence-electron chi connectivity index (χ0n) is 10.5. The minimum atomic E-state index is 0.742. The van der Waals surface area contributed by atoms with E-state index in [1.54, 1.807) is 6.20 Å². The molecule has 0 unspecified atom stereocenters. The van der Waals surface area contributed by atoms with Crippen molar-refractivity contribution in [2.45, 2.75) is 26.8 Å². The van der Waals surface area contributed by atoms with Gasteiger partial charge in [0, 0.05) is 29.8 Å². The van der Waals surface area contributed by atoms with Crippen molar-refractivity contribution in [3.8, 4) is 0 Å². The molecule has 0 bridgehead atoms. The monoisotopic (exact) mass is 241 g/mol. The number of fused-ring (bicyclic) bond motifs is 1. The second-order valence-electron chi connectivity index (χ2n) is 4.35. The minimum absolute atomic E-state index is 0.742. The Morgan fingerprint density at radius 2 is 2.17 bits per heavy atom. The Hall–Kier alpha value is -2.17. The van der Waals surface area contributed by atoms with Gasteiger partial charge < -0.3 is 4.57 Å². The molecule has 3 aromatic rings. The molecule has 0 aliphatic rings. The summed E-state index contributed by atoms with van der Waals surface area (Å²) in [4.78, 5) is 8.63. The Morgan fingerprint density at radius 3 is 2.89 bits per heavy atom. The van der Waals surface area contributed by atoms with Crippen LogP contribution in [0.3, 0.4) is 0 Å². The zero-order chi connectivity index (χ0) is 12.5. The average Bonchev–Trinajstić information content (AvgIpc) is 2.96. The predicted octanol–water partition coefficient (Wildman–Crippen LogP) is 1.84. The van der Waals surface area contributed by atoms with Crippen LogP contribution in [0.4, 0.5) is 0 Å². The fourth-order valence-corrected chi connectivity index (χ4v) is 2.15. The maximum Gasteiger partial charge on any atom is 0.158 e. The van der Waals surface area contributed by atoms with Crippen LogP contribution in [0.15, 0.2) is 31.0 Å². The van der Waals surface area contributed by atoms with Crippen LogP contribution < -0.4 is 0 Å². The third-order valence-corrected chi connectivity index (χ3v) is 3.05. The molecule has 0 aliphatic carbocycles. The summed E-state index contributed by atoms with van der Waals surface area (Å²) in [6, 6.07) is 1.97. The van der Waals surface area contributed by atoms with E-state index in [2.05, 4.69) is 22.0 Å². The molecule has 3 rings (SSSR count). The highest BCUT2D eigenvalue weighted by Gasteiger charge is 2.12. The van der Waals surface area contributed by atoms with E-state index in [1.165, 1.54) is 5.56 Å². The van der Waals surface area contributed by atoms with Crippen molar-refractivity contribution < 1.29 is 0 Å². The summed E-state index contributed by atoms with van der Waals surface area (Å²) < 4.78 is 3.88. The van der Waals surface area contributed by atoms with Crippen molar-refractivity contribution in [1.29, 1.82) is 0 Å². The van der Waals surface area contributed by atoms with E-state index in [1.807, 2.05) is 40.8 Å². The van der Waals surface area contributed by atoms with Crippen molar-refractivity contribution in [3.63, 3.8) is 0 Å². The molecule has 0 spiro atoms. The lowest BCUT2D eigenvalue weighted by molar-refractivity contribution is 0.747. The normalized spacial score (nSPS) is 11.2. The molecule has 0 aromatic carbocycles. The number of rotatable bonds is 3. The van der Waals surface area contributed by atoms with Gasteiger partial charge in [0.2, 0.25) is 0 Å². The molecule has 5 nitrogen and oxygen atoms in total. The summed E-state index contributed by atoms with van der Waals surface area (Å²) in [7, 11) is 0. The first-order chi connectivity index (χ1) is 8.78. The molecule has 0 amide bonds. The highest BCUT2D eigenvalue weighted by Crippen LogP contribution is 2.16. The molecule has 18 heavy (non-hydrogen) atoms. The smallest absolute Gasteiger partial charge is 0.158 e. The second kappa shape index (κ2) is 4.25. The van der Waals surface area contributed by atoms with Crippen LogP contribution in [-0.4, -0.2) is 24.1 Å². The number of aromatic nitrogens is 5. The molecule has 0 N–H and O–H groups in total. The van der Waals surface area contributed by atoms with Gasteiger partial charge in [-0.15, -0.1) is 0 Å². The topological polar surface area (TPSA) is 48.0 Å². The summed E-state index contributed by atoms with van der Waals surface area (Å²) in [6.07, 6.45) is 8.44. The van der Waals surface area contributed by atoms with Gasteiger partial charge >= 0.3 is 0 Å². The van der Waals surface area contributed by atoms with E-state index in [0.717, 1.165) is 30.0 Å². The van der Waals surface area contributed by atoms with Crippen molar-refractivity contribution in [2.24, 2.45) is 0 Å². The summed E-state index contributed by atoms with van der Waals surface area (Å²) in [6.45, 7) is 4.88. The minimum Gasteiger partial charge on any atom is -0.331 e. The van der Waals surface area contributed by atoms with Gasteiger partial charge in [-0.05, 0) is 19.4 Å². The van der Waals surface area contributed by atoms with Crippen LogP contribution in [0.1, 0.15) is 23.9 Å². The van der Waals surface area contributed by atoms with E-state index in [0.29, 0.717) is 0 Å². The van der Waals surface area contributed by atoms with Crippen LogP contribution in [0, 0.1) is 6.92 Å². The zero-order valence-corrected chi connectivity index (χ0v) is 10.5. The van der Waals surface area contributed by atoms with E-state index in [-0.39, 0.29) is 0 Å². The quantitative estimate of drug-likeness (QED) is 0.703. The Morgan fingerprint density at radius 1 is 1.28 bits per heavy atom. The Kier molecular flexibility index (Phi) is 2.59. The van der Waals surface area contributed by atoms with Crippen LogP contribution in [0.25, 0.3) is 5.65 Å². The highest BCUT2D eigenvalue weighted by molar-refractivity contribution is 5.50. The van der Waals surface area contributed by atoms with Crippen molar-refractivity contribution in [3.05, 3.63) is 47.9 Å². The summed E-state index contributed by atoms with van der Waals surface area (Å²) in [5, 5.41) is 4.61. The van der Waals surface area contributed by atoms with Crippen LogP contribution in [0.2, 0.25) is 0 Å². The van der Waals surface area contributed by atoms with E-state index < -0.39 is 0 Å². The Labute approximate surface area is 105 Å². The van der Waals surface area contributed by atoms with E-state index >= 15 is 0 Å². The van der Waals surface area contributed by atoms with Gasteiger partial charge in [0.25, 0.3) is 0 Å². The number of hydrogen-bond acceptors (Lipinski definition) is 3. The maximum atomic E-state index is 4.61. The molecule has 3 heterocycles. The van der Waals surface area contributed by atoms with Gasteiger partial charge in [-0.25, -0.2) is 14.5 Å². The largest absolute Gasteiger partial charge is 0.331 e. The van der Waals surface area contributed by atoms with Gasteiger partial charge in [0.15, 0.2) is 5.65 Å². The van der Waals surface area contributed by atoms with Gasteiger partial charge in [-0.1, -0.05) is 6.92 Å². The lowest BCUT2D eigenvalue weighted by atomic mass is 10.2. The fourth-order valence-electron chi connectivity index (χ4n) is 2.15. The first kappa shape index (κ1) is 11.0. The number of nitrogens with zero attached hydrogens (tertiary/aromatic N) is 5. The lowest BCUT2D eigenvalue weighted by Gasteiger charge is -2.00. The molecular formula is C13H15N5. The second-order valence-corrected chi connectivity index (χ2v) is 4.35. The third-order valence-electron chi connectivity index (χ3n) is 3.05. The Bertz CT molecular complexity index is 666. The van der Waals surface area contributed by atoms with Crippen molar-refractivity contribution >= 4 is 5.65 Å². The standard InChI is InChI=1S/C13H15N5/c1-3-11-12(8-17-7-5-14-9-17)16-18-6-4-10(2)15-13(11)18/h4-7,9H,3,8H2,1-2H3. The average molecular weight is 241 g/mol. The molecule has 3 aromatic heterocycles. The molecule has 0 saturated carbocycles. The van der Waals surface area contributed by atoms with Gasteiger partial charge in [0.1, 0.15) is 0 Å². The molecule has 5 heteroatoms.